The number of benzene rings is 1. The van der Waals surface area contributed by atoms with Crippen molar-refractivity contribution in [2.24, 2.45) is 0 Å². The van der Waals surface area contributed by atoms with E-state index in [1.807, 2.05) is 41.2 Å². The minimum atomic E-state index is 0.221. The summed E-state index contributed by atoms with van der Waals surface area (Å²) >= 11 is 5.90. The lowest BCUT2D eigenvalue weighted by molar-refractivity contribution is 0.211. The average molecular weight is 294 g/mol. The SMILES string of the molecule is OCCCN(CCn1cccn1)Cc1ccc(Cl)cc1. The zero-order chi connectivity index (χ0) is 14.2. The van der Waals surface area contributed by atoms with Gasteiger partial charge < -0.3 is 5.11 Å². The summed E-state index contributed by atoms with van der Waals surface area (Å²) in [5, 5.41) is 14.0. The Kier molecular flexibility index (Phi) is 6.05. The van der Waals surface area contributed by atoms with Gasteiger partial charge in [0.15, 0.2) is 0 Å². The molecule has 2 rings (SSSR count). The Bertz CT molecular complexity index is 484. The molecule has 2 aromatic rings. The van der Waals surface area contributed by atoms with Crippen LogP contribution in [-0.4, -0.2) is 39.5 Å². The maximum Gasteiger partial charge on any atom is 0.0536 e. The first kappa shape index (κ1) is 15.0. The van der Waals surface area contributed by atoms with Crippen molar-refractivity contribution in [3.63, 3.8) is 0 Å². The van der Waals surface area contributed by atoms with Crippen molar-refractivity contribution in [3.8, 4) is 0 Å². The van der Waals surface area contributed by atoms with Crippen LogP contribution in [0.1, 0.15) is 12.0 Å². The fourth-order valence-electron chi connectivity index (χ4n) is 2.09. The third-order valence-corrected chi connectivity index (χ3v) is 3.41. The standard InChI is InChI=1S/C15H20ClN3O/c16-15-5-3-14(4-6-15)13-18(8-2-12-20)10-11-19-9-1-7-17-19/h1,3-7,9,20H,2,8,10-13H2. The molecule has 0 saturated carbocycles. The molecule has 0 aliphatic heterocycles. The van der Waals surface area contributed by atoms with Gasteiger partial charge in [-0.15, -0.1) is 0 Å². The molecule has 0 unspecified atom stereocenters. The summed E-state index contributed by atoms with van der Waals surface area (Å²) in [5.41, 5.74) is 1.23. The third kappa shape index (κ3) is 4.96. The van der Waals surface area contributed by atoms with E-state index in [0.29, 0.717) is 0 Å². The van der Waals surface area contributed by atoms with E-state index < -0.39 is 0 Å². The van der Waals surface area contributed by atoms with Crippen LogP contribution in [0.25, 0.3) is 0 Å². The van der Waals surface area contributed by atoms with Crippen LogP contribution in [0.5, 0.6) is 0 Å². The van der Waals surface area contributed by atoms with E-state index in [1.165, 1.54) is 5.56 Å². The summed E-state index contributed by atoms with van der Waals surface area (Å²) in [4.78, 5) is 2.32. The summed E-state index contributed by atoms with van der Waals surface area (Å²) in [6, 6.07) is 9.84. The minimum absolute atomic E-state index is 0.221. The molecular formula is C15H20ClN3O. The second-order valence-electron chi connectivity index (χ2n) is 4.75. The van der Waals surface area contributed by atoms with Crippen molar-refractivity contribution in [2.75, 3.05) is 19.7 Å². The van der Waals surface area contributed by atoms with Gasteiger partial charge in [0.05, 0.1) is 6.54 Å². The molecule has 0 amide bonds. The molecule has 0 saturated heterocycles. The molecule has 0 aliphatic carbocycles. The number of aliphatic hydroxyl groups excluding tert-OH is 1. The Balaban J connectivity index is 1.90. The molecule has 5 heteroatoms. The fraction of sp³-hybridized carbons (Fsp3) is 0.400. The molecule has 1 heterocycles. The number of hydrogen-bond acceptors (Lipinski definition) is 3. The molecule has 4 nitrogen and oxygen atoms in total. The first-order valence-electron chi connectivity index (χ1n) is 6.83. The molecule has 1 aromatic heterocycles. The van der Waals surface area contributed by atoms with Crippen LogP contribution in [0, 0.1) is 0 Å². The molecule has 1 aromatic carbocycles. The monoisotopic (exact) mass is 293 g/mol. The van der Waals surface area contributed by atoms with Crippen LogP contribution in [0.15, 0.2) is 42.7 Å². The van der Waals surface area contributed by atoms with Crippen LogP contribution < -0.4 is 0 Å². The van der Waals surface area contributed by atoms with Crippen LogP contribution in [0.2, 0.25) is 5.02 Å². The lowest BCUT2D eigenvalue weighted by Gasteiger charge is -2.22. The van der Waals surface area contributed by atoms with Gasteiger partial charge in [-0.3, -0.25) is 9.58 Å². The van der Waals surface area contributed by atoms with Crippen LogP contribution >= 0.6 is 11.6 Å². The zero-order valence-corrected chi connectivity index (χ0v) is 12.2. The lowest BCUT2D eigenvalue weighted by Crippen LogP contribution is -2.29. The molecule has 0 fully saturated rings. The lowest BCUT2D eigenvalue weighted by atomic mass is 10.2. The predicted octanol–water partition coefficient (Wildman–Crippen LogP) is 2.42. The first-order chi connectivity index (χ1) is 9.78. The van der Waals surface area contributed by atoms with Gasteiger partial charge in [-0.05, 0) is 30.2 Å². The molecule has 0 aliphatic rings. The van der Waals surface area contributed by atoms with Gasteiger partial charge in [0, 0.05) is 43.7 Å². The predicted molar refractivity (Wildman–Crippen MR) is 80.7 cm³/mol. The van der Waals surface area contributed by atoms with Crippen LogP contribution in [-0.2, 0) is 13.1 Å². The summed E-state index contributed by atoms with van der Waals surface area (Å²) in [5.74, 6) is 0. The largest absolute Gasteiger partial charge is 0.396 e. The highest BCUT2D eigenvalue weighted by molar-refractivity contribution is 6.30. The quantitative estimate of drug-likeness (QED) is 0.813. The second kappa shape index (κ2) is 8.04. The summed E-state index contributed by atoms with van der Waals surface area (Å²) < 4.78 is 1.92. The highest BCUT2D eigenvalue weighted by atomic mass is 35.5. The smallest absolute Gasteiger partial charge is 0.0536 e. The molecular weight excluding hydrogens is 274 g/mol. The van der Waals surface area contributed by atoms with Crippen molar-refractivity contribution >= 4 is 11.6 Å². The first-order valence-corrected chi connectivity index (χ1v) is 7.21. The Morgan fingerprint density at radius 1 is 1.20 bits per heavy atom. The van der Waals surface area contributed by atoms with Crippen LogP contribution in [0.3, 0.4) is 0 Å². The average Bonchev–Trinajstić information content (AvgIpc) is 2.97. The number of rotatable bonds is 8. The summed E-state index contributed by atoms with van der Waals surface area (Å²) in [6.45, 7) is 3.72. The summed E-state index contributed by atoms with van der Waals surface area (Å²) in [6.07, 6.45) is 4.54. The molecule has 0 spiro atoms. The van der Waals surface area contributed by atoms with Gasteiger partial charge in [-0.1, -0.05) is 23.7 Å². The maximum absolute atomic E-state index is 9.01. The van der Waals surface area contributed by atoms with Gasteiger partial charge in [0.25, 0.3) is 0 Å². The normalized spacial score (nSPS) is 11.2. The number of nitrogens with zero attached hydrogens (tertiary/aromatic N) is 3. The van der Waals surface area contributed by atoms with E-state index in [2.05, 4.69) is 10.00 Å². The van der Waals surface area contributed by atoms with E-state index in [-0.39, 0.29) is 6.61 Å². The number of hydrogen-bond donors (Lipinski definition) is 1. The summed E-state index contributed by atoms with van der Waals surface area (Å²) in [7, 11) is 0. The minimum Gasteiger partial charge on any atom is -0.396 e. The highest BCUT2D eigenvalue weighted by Crippen LogP contribution is 2.11. The van der Waals surface area contributed by atoms with Crippen molar-refractivity contribution < 1.29 is 5.11 Å². The number of aliphatic hydroxyl groups is 1. The Labute approximate surface area is 124 Å². The molecule has 108 valence electrons. The van der Waals surface area contributed by atoms with Gasteiger partial charge in [-0.25, -0.2) is 0 Å². The van der Waals surface area contributed by atoms with Crippen molar-refractivity contribution in [2.45, 2.75) is 19.5 Å². The van der Waals surface area contributed by atoms with Crippen molar-refractivity contribution in [1.82, 2.24) is 14.7 Å². The van der Waals surface area contributed by atoms with E-state index in [9.17, 15) is 0 Å². The second-order valence-corrected chi connectivity index (χ2v) is 5.19. The van der Waals surface area contributed by atoms with E-state index in [0.717, 1.165) is 37.6 Å². The van der Waals surface area contributed by atoms with E-state index in [1.54, 1.807) is 6.20 Å². The van der Waals surface area contributed by atoms with Gasteiger partial charge in [0.1, 0.15) is 0 Å². The van der Waals surface area contributed by atoms with E-state index in [4.69, 9.17) is 16.7 Å². The number of halogens is 1. The Morgan fingerprint density at radius 2 is 2.00 bits per heavy atom. The molecule has 1 N–H and O–H groups in total. The van der Waals surface area contributed by atoms with Crippen molar-refractivity contribution in [1.29, 1.82) is 0 Å². The zero-order valence-electron chi connectivity index (χ0n) is 11.5. The number of aromatic nitrogens is 2. The van der Waals surface area contributed by atoms with Crippen LogP contribution in [0.4, 0.5) is 0 Å². The topological polar surface area (TPSA) is 41.3 Å². The fourth-order valence-corrected chi connectivity index (χ4v) is 2.21. The molecule has 0 atom stereocenters. The Morgan fingerprint density at radius 3 is 2.65 bits per heavy atom. The van der Waals surface area contributed by atoms with Gasteiger partial charge >= 0.3 is 0 Å². The Hall–Kier alpha value is -1.36. The highest BCUT2D eigenvalue weighted by Gasteiger charge is 2.06. The van der Waals surface area contributed by atoms with Gasteiger partial charge in [0.2, 0.25) is 0 Å². The van der Waals surface area contributed by atoms with Gasteiger partial charge in [-0.2, -0.15) is 5.10 Å². The molecule has 0 radical (unpaired) electrons. The molecule has 20 heavy (non-hydrogen) atoms. The van der Waals surface area contributed by atoms with Crippen molar-refractivity contribution in [3.05, 3.63) is 53.3 Å². The van der Waals surface area contributed by atoms with E-state index >= 15 is 0 Å². The maximum atomic E-state index is 9.01. The third-order valence-electron chi connectivity index (χ3n) is 3.16. The molecule has 0 bridgehead atoms.